The van der Waals surface area contributed by atoms with Crippen LogP contribution in [0.4, 0.5) is 5.69 Å². The fraction of sp³-hybridized carbons (Fsp3) is 0.400. The van der Waals surface area contributed by atoms with Crippen molar-refractivity contribution in [3.63, 3.8) is 0 Å². The topological polar surface area (TPSA) is 52.0 Å². The molecule has 3 heteroatoms. The summed E-state index contributed by atoms with van der Waals surface area (Å²) in [6.07, 6.45) is 1.99. The molecule has 0 heterocycles. The van der Waals surface area contributed by atoms with Crippen LogP contribution in [0.15, 0.2) is 23.1 Å². The maximum absolute atomic E-state index is 5.66. The first-order valence-electron chi connectivity index (χ1n) is 4.42. The van der Waals surface area contributed by atoms with Gasteiger partial charge in [-0.2, -0.15) is 0 Å². The van der Waals surface area contributed by atoms with Crippen LogP contribution in [0.3, 0.4) is 0 Å². The normalized spacial score (nSPS) is 12.8. The van der Waals surface area contributed by atoms with Crippen LogP contribution in [0.5, 0.6) is 0 Å². The van der Waals surface area contributed by atoms with Gasteiger partial charge in [0.25, 0.3) is 0 Å². The second kappa shape index (κ2) is 4.53. The van der Waals surface area contributed by atoms with E-state index in [4.69, 9.17) is 11.5 Å². The molecule has 1 aromatic rings. The van der Waals surface area contributed by atoms with Gasteiger partial charge in [-0.1, -0.05) is 6.07 Å². The lowest BCUT2D eigenvalue weighted by Crippen LogP contribution is -2.15. The Kier molecular flexibility index (Phi) is 3.63. The van der Waals surface area contributed by atoms with E-state index in [1.54, 1.807) is 0 Å². The first kappa shape index (κ1) is 10.4. The zero-order chi connectivity index (χ0) is 9.84. The molecule has 0 aliphatic rings. The summed E-state index contributed by atoms with van der Waals surface area (Å²) in [6.45, 7) is 2.01. The summed E-state index contributed by atoms with van der Waals surface area (Å²) in [7, 11) is 0. The highest BCUT2D eigenvalue weighted by atomic mass is 32.1. The molecule has 0 saturated heterocycles. The molecule has 1 atom stereocenters. The van der Waals surface area contributed by atoms with Gasteiger partial charge in [-0.15, -0.1) is 12.6 Å². The number of nitrogens with two attached hydrogens (primary N) is 2. The number of hydrogen-bond acceptors (Lipinski definition) is 3. The number of anilines is 1. The molecule has 0 bridgehead atoms. The van der Waals surface area contributed by atoms with Crippen LogP contribution in [-0.2, 0) is 6.42 Å². The van der Waals surface area contributed by atoms with Gasteiger partial charge in [0.1, 0.15) is 0 Å². The Labute approximate surface area is 84.7 Å². The highest BCUT2D eigenvalue weighted by molar-refractivity contribution is 7.80. The molecule has 0 amide bonds. The highest BCUT2D eigenvalue weighted by Crippen LogP contribution is 2.18. The van der Waals surface area contributed by atoms with E-state index in [9.17, 15) is 0 Å². The van der Waals surface area contributed by atoms with E-state index in [0.717, 1.165) is 23.4 Å². The van der Waals surface area contributed by atoms with E-state index in [1.165, 1.54) is 5.56 Å². The minimum atomic E-state index is 0.251. The monoisotopic (exact) mass is 196 g/mol. The van der Waals surface area contributed by atoms with Gasteiger partial charge < -0.3 is 11.5 Å². The average molecular weight is 196 g/mol. The predicted octanol–water partition coefficient (Wildman–Crippen LogP) is 1.84. The van der Waals surface area contributed by atoms with Crippen molar-refractivity contribution in [1.82, 2.24) is 0 Å². The largest absolute Gasteiger partial charge is 0.398 e. The minimum Gasteiger partial charge on any atom is -0.398 e. The van der Waals surface area contributed by atoms with E-state index in [2.05, 4.69) is 12.6 Å². The molecule has 0 aliphatic heterocycles. The third kappa shape index (κ3) is 3.28. The van der Waals surface area contributed by atoms with Crippen LogP contribution < -0.4 is 11.5 Å². The van der Waals surface area contributed by atoms with E-state index in [0.29, 0.717) is 0 Å². The molecule has 13 heavy (non-hydrogen) atoms. The first-order valence-corrected chi connectivity index (χ1v) is 4.87. The average Bonchev–Trinajstić information content (AvgIpc) is 2.07. The Hall–Kier alpha value is -0.670. The third-order valence-corrected chi connectivity index (χ3v) is 2.37. The predicted molar refractivity (Wildman–Crippen MR) is 60.1 cm³/mol. The van der Waals surface area contributed by atoms with Crippen molar-refractivity contribution in [1.29, 1.82) is 0 Å². The second-order valence-corrected chi connectivity index (χ2v) is 3.89. The minimum absolute atomic E-state index is 0.251. The van der Waals surface area contributed by atoms with E-state index >= 15 is 0 Å². The zero-order valence-corrected chi connectivity index (χ0v) is 8.72. The van der Waals surface area contributed by atoms with Gasteiger partial charge in [-0.3, -0.25) is 0 Å². The van der Waals surface area contributed by atoms with E-state index in [-0.39, 0.29) is 6.04 Å². The van der Waals surface area contributed by atoms with Crippen molar-refractivity contribution >= 4 is 18.3 Å². The maximum atomic E-state index is 5.66. The molecule has 1 aromatic carbocycles. The maximum Gasteiger partial charge on any atom is 0.0449 e. The van der Waals surface area contributed by atoms with Crippen LogP contribution in [0, 0.1) is 0 Å². The third-order valence-electron chi connectivity index (χ3n) is 1.98. The number of hydrogen-bond donors (Lipinski definition) is 3. The van der Waals surface area contributed by atoms with Crippen molar-refractivity contribution < 1.29 is 0 Å². The van der Waals surface area contributed by atoms with Gasteiger partial charge in [0.2, 0.25) is 0 Å². The lowest BCUT2D eigenvalue weighted by molar-refractivity contribution is 0.665. The van der Waals surface area contributed by atoms with E-state index < -0.39 is 0 Å². The summed E-state index contributed by atoms with van der Waals surface area (Å²) in [5.74, 6) is 0. The fourth-order valence-electron chi connectivity index (χ4n) is 1.14. The van der Waals surface area contributed by atoms with Gasteiger partial charge in [-0.05, 0) is 37.5 Å². The Balaban J connectivity index is 2.63. The first-order chi connectivity index (χ1) is 6.09. The molecule has 2 nitrogen and oxygen atoms in total. The smallest absolute Gasteiger partial charge is 0.0449 e. The number of aryl methyl sites for hydroxylation is 1. The molecule has 0 aliphatic carbocycles. The van der Waals surface area contributed by atoms with Crippen molar-refractivity contribution in [3.05, 3.63) is 23.8 Å². The Morgan fingerprint density at radius 3 is 2.69 bits per heavy atom. The summed E-state index contributed by atoms with van der Waals surface area (Å²) in [5, 5.41) is 0. The molecule has 0 spiro atoms. The molecule has 0 fully saturated rings. The standard InChI is InChI=1S/C10H16N2S/c1-7(11)2-3-8-4-5-9(12)10(13)6-8/h4-7,13H,2-3,11-12H2,1H3. The Morgan fingerprint density at radius 2 is 2.15 bits per heavy atom. The van der Waals surface area contributed by atoms with Crippen molar-refractivity contribution in [2.45, 2.75) is 30.7 Å². The van der Waals surface area contributed by atoms with Gasteiger partial charge in [0, 0.05) is 16.6 Å². The Morgan fingerprint density at radius 1 is 1.46 bits per heavy atom. The van der Waals surface area contributed by atoms with Gasteiger partial charge in [0.15, 0.2) is 0 Å². The number of thiol groups is 1. The van der Waals surface area contributed by atoms with Gasteiger partial charge in [-0.25, -0.2) is 0 Å². The van der Waals surface area contributed by atoms with Gasteiger partial charge in [0.05, 0.1) is 0 Å². The molecule has 0 saturated carbocycles. The number of nitrogen functional groups attached to an aromatic ring is 1. The molecule has 0 radical (unpaired) electrons. The Bertz CT molecular complexity index is 284. The fourth-order valence-corrected chi connectivity index (χ4v) is 1.38. The molecule has 1 rings (SSSR count). The molecule has 1 unspecified atom stereocenters. The lowest BCUT2D eigenvalue weighted by atomic mass is 10.1. The summed E-state index contributed by atoms with van der Waals surface area (Å²) in [5.41, 5.74) is 13.3. The van der Waals surface area contributed by atoms with E-state index in [1.807, 2.05) is 25.1 Å². The summed E-state index contributed by atoms with van der Waals surface area (Å²) in [6, 6.07) is 6.16. The SMILES string of the molecule is CC(N)CCc1ccc(N)c(S)c1. The summed E-state index contributed by atoms with van der Waals surface area (Å²) < 4.78 is 0. The van der Waals surface area contributed by atoms with Crippen LogP contribution in [0.1, 0.15) is 18.9 Å². The van der Waals surface area contributed by atoms with Crippen LogP contribution in [-0.4, -0.2) is 6.04 Å². The van der Waals surface area contributed by atoms with Crippen LogP contribution >= 0.6 is 12.6 Å². The summed E-state index contributed by atoms with van der Waals surface area (Å²) >= 11 is 4.26. The molecular formula is C10H16N2S. The number of benzene rings is 1. The van der Waals surface area contributed by atoms with Crippen molar-refractivity contribution in [2.24, 2.45) is 5.73 Å². The molecule has 72 valence electrons. The van der Waals surface area contributed by atoms with Crippen molar-refractivity contribution in [2.75, 3.05) is 5.73 Å². The van der Waals surface area contributed by atoms with Crippen LogP contribution in [0.2, 0.25) is 0 Å². The number of rotatable bonds is 3. The quantitative estimate of drug-likeness (QED) is 0.510. The second-order valence-electron chi connectivity index (χ2n) is 3.41. The highest BCUT2D eigenvalue weighted by Gasteiger charge is 1.99. The van der Waals surface area contributed by atoms with Crippen molar-refractivity contribution in [3.8, 4) is 0 Å². The summed E-state index contributed by atoms with van der Waals surface area (Å²) in [4.78, 5) is 0.849. The molecule has 0 aromatic heterocycles. The molecular weight excluding hydrogens is 180 g/mol. The van der Waals surface area contributed by atoms with Gasteiger partial charge >= 0.3 is 0 Å². The van der Waals surface area contributed by atoms with Crippen LogP contribution in [0.25, 0.3) is 0 Å². The zero-order valence-electron chi connectivity index (χ0n) is 7.83. The lowest BCUT2D eigenvalue weighted by Gasteiger charge is -2.06. The molecule has 4 N–H and O–H groups in total.